The Morgan fingerprint density at radius 2 is 2.14 bits per heavy atom. The van der Waals surface area contributed by atoms with E-state index in [1.54, 1.807) is 6.07 Å². The van der Waals surface area contributed by atoms with Crippen LogP contribution >= 0.6 is 0 Å². The smallest absolute Gasteiger partial charge is 0.250 e. The molecule has 108 valence electrons. The zero-order valence-corrected chi connectivity index (χ0v) is 11.5. The van der Waals surface area contributed by atoms with Gasteiger partial charge in [0.15, 0.2) is 0 Å². The van der Waals surface area contributed by atoms with Crippen LogP contribution in [0, 0.1) is 0 Å². The Bertz CT molecular complexity index is 687. The van der Waals surface area contributed by atoms with E-state index in [1.165, 1.54) is 6.20 Å². The van der Waals surface area contributed by atoms with E-state index in [1.807, 2.05) is 29.2 Å². The number of aromatic nitrogens is 1. The fraction of sp³-hybridized carbons (Fsp3) is 0.200. The van der Waals surface area contributed by atoms with Crippen molar-refractivity contribution in [2.24, 2.45) is 5.73 Å². The van der Waals surface area contributed by atoms with Crippen molar-refractivity contribution in [1.29, 1.82) is 0 Å². The van der Waals surface area contributed by atoms with Gasteiger partial charge in [-0.25, -0.2) is 4.98 Å². The van der Waals surface area contributed by atoms with E-state index in [9.17, 15) is 4.79 Å². The van der Waals surface area contributed by atoms with Crippen molar-refractivity contribution in [2.75, 3.05) is 23.8 Å². The Morgan fingerprint density at radius 1 is 1.33 bits per heavy atom. The van der Waals surface area contributed by atoms with Gasteiger partial charge in [0.05, 0.1) is 24.0 Å². The molecule has 0 atom stereocenters. The molecule has 0 spiro atoms. The maximum atomic E-state index is 11.4. The number of ether oxygens (including phenoxy) is 1. The first kappa shape index (κ1) is 13.2. The number of primary amides is 1. The SMILES string of the molecule is NC(=O)c1cc(N2CCOc3ccccc3C2)ncc1N. The van der Waals surface area contributed by atoms with E-state index >= 15 is 0 Å². The number of para-hydroxylation sites is 1. The lowest BCUT2D eigenvalue weighted by Crippen LogP contribution is -2.27. The van der Waals surface area contributed by atoms with Crippen molar-refractivity contribution in [3.05, 3.63) is 47.7 Å². The standard InChI is InChI=1S/C15H16N4O2/c16-12-8-18-14(7-11(12)15(17)20)19-5-6-21-13-4-2-1-3-10(13)9-19/h1-4,7-8H,5-6,9,16H2,(H2,17,20). The molecule has 1 amide bonds. The number of hydrogen-bond donors (Lipinski definition) is 2. The van der Waals surface area contributed by atoms with Gasteiger partial charge in [-0.15, -0.1) is 0 Å². The first-order valence-corrected chi connectivity index (χ1v) is 6.66. The number of rotatable bonds is 2. The molecule has 1 aliphatic rings. The van der Waals surface area contributed by atoms with E-state index in [0.717, 1.165) is 11.3 Å². The minimum atomic E-state index is -0.553. The Morgan fingerprint density at radius 3 is 2.95 bits per heavy atom. The minimum absolute atomic E-state index is 0.290. The highest BCUT2D eigenvalue weighted by Crippen LogP contribution is 2.26. The van der Waals surface area contributed by atoms with Gasteiger partial charge in [0.2, 0.25) is 0 Å². The summed E-state index contributed by atoms with van der Waals surface area (Å²) in [6.07, 6.45) is 1.47. The summed E-state index contributed by atoms with van der Waals surface area (Å²) in [6, 6.07) is 9.51. The zero-order valence-electron chi connectivity index (χ0n) is 11.5. The molecule has 21 heavy (non-hydrogen) atoms. The highest BCUT2D eigenvalue weighted by atomic mass is 16.5. The van der Waals surface area contributed by atoms with Crippen molar-refractivity contribution in [3.63, 3.8) is 0 Å². The van der Waals surface area contributed by atoms with Gasteiger partial charge in [-0.3, -0.25) is 4.79 Å². The molecule has 1 aliphatic heterocycles. The number of carbonyl (C=O) groups excluding carboxylic acids is 1. The lowest BCUT2D eigenvalue weighted by Gasteiger charge is -2.21. The molecule has 0 saturated heterocycles. The van der Waals surface area contributed by atoms with Gasteiger partial charge < -0.3 is 21.1 Å². The molecule has 2 heterocycles. The monoisotopic (exact) mass is 284 g/mol. The fourth-order valence-electron chi connectivity index (χ4n) is 2.36. The van der Waals surface area contributed by atoms with Crippen LogP contribution in [-0.4, -0.2) is 24.0 Å². The summed E-state index contributed by atoms with van der Waals surface area (Å²) in [6.45, 7) is 1.88. The van der Waals surface area contributed by atoms with Crippen LogP contribution in [0.5, 0.6) is 5.75 Å². The molecule has 0 saturated carbocycles. The second-order valence-corrected chi connectivity index (χ2v) is 4.87. The molecular weight excluding hydrogens is 268 g/mol. The van der Waals surface area contributed by atoms with Crippen molar-refractivity contribution in [3.8, 4) is 5.75 Å². The third-order valence-corrected chi connectivity index (χ3v) is 3.46. The number of anilines is 2. The molecule has 2 aromatic rings. The maximum absolute atomic E-state index is 11.4. The first-order chi connectivity index (χ1) is 10.1. The van der Waals surface area contributed by atoms with Gasteiger partial charge in [0.1, 0.15) is 18.2 Å². The molecule has 0 aliphatic carbocycles. The van der Waals surface area contributed by atoms with E-state index in [-0.39, 0.29) is 5.69 Å². The van der Waals surface area contributed by atoms with E-state index < -0.39 is 5.91 Å². The molecule has 1 aromatic heterocycles. The summed E-state index contributed by atoms with van der Waals surface area (Å²) in [7, 11) is 0. The number of amides is 1. The van der Waals surface area contributed by atoms with E-state index in [2.05, 4.69) is 4.98 Å². The van der Waals surface area contributed by atoms with Crippen molar-refractivity contribution < 1.29 is 9.53 Å². The van der Waals surface area contributed by atoms with E-state index in [0.29, 0.717) is 31.1 Å². The predicted molar refractivity (Wildman–Crippen MR) is 80.2 cm³/mol. The summed E-state index contributed by atoms with van der Waals surface area (Å²) in [5.74, 6) is 0.992. The number of nitrogens with two attached hydrogens (primary N) is 2. The van der Waals surface area contributed by atoms with Crippen molar-refractivity contribution >= 4 is 17.4 Å². The highest BCUT2D eigenvalue weighted by molar-refractivity contribution is 5.98. The summed E-state index contributed by atoms with van der Waals surface area (Å²) in [4.78, 5) is 17.7. The van der Waals surface area contributed by atoms with Gasteiger partial charge in [-0.2, -0.15) is 0 Å². The molecule has 0 bridgehead atoms. The summed E-state index contributed by atoms with van der Waals surface area (Å²) in [5.41, 5.74) is 12.7. The van der Waals surface area contributed by atoms with Crippen LogP contribution in [0.3, 0.4) is 0 Å². The average Bonchev–Trinajstić information content (AvgIpc) is 2.69. The number of hydrogen-bond acceptors (Lipinski definition) is 5. The van der Waals surface area contributed by atoms with Gasteiger partial charge in [-0.05, 0) is 12.1 Å². The van der Waals surface area contributed by atoms with Crippen molar-refractivity contribution in [1.82, 2.24) is 4.98 Å². The van der Waals surface area contributed by atoms with Crippen LogP contribution in [0.1, 0.15) is 15.9 Å². The van der Waals surface area contributed by atoms with Crippen molar-refractivity contribution in [2.45, 2.75) is 6.54 Å². The quantitative estimate of drug-likeness (QED) is 0.863. The predicted octanol–water partition coefficient (Wildman–Crippen LogP) is 1.16. The van der Waals surface area contributed by atoms with Crippen LogP contribution in [0.15, 0.2) is 36.5 Å². The van der Waals surface area contributed by atoms with Crippen LogP contribution in [0.25, 0.3) is 0 Å². The Balaban J connectivity index is 1.94. The van der Waals surface area contributed by atoms with Crippen LogP contribution in [-0.2, 0) is 6.54 Å². The minimum Gasteiger partial charge on any atom is -0.491 e. The topological polar surface area (TPSA) is 94.5 Å². The van der Waals surface area contributed by atoms with Gasteiger partial charge in [0, 0.05) is 12.1 Å². The molecule has 1 aromatic carbocycles. The maximum Gasteiger partial charge on any atom is 0.250 e. The first-order valence-electron chi connectivity index (χ1n) is 6.66. The molecule has 0 radical (unpaired) electrons. The summed E-state index contributed by atoms with van der Waals surface area (Å²) >= 11 is 0. The number of carbonyl (C=O) groups is 1. The summed E-state index contributed by atoms with van der Waals surface area (Å²) in [5, 5.41) is 0. The molecule has 6 heteroatoms. The molecule has 3 rings (SSSR count). The lowest BCUT2D eigenvalue weighted by atomic mass is 10.1. The number of pyridine rings is 1. The Kier molecular flexibility index (Phi) is 3.35. The molecule has 0 unspecified atom stereocenters. The summed E-state index contributed by atoms with van der Waals surface area (Å²) < 4.78 is 5.72. The van der Waals surface area contributed by atoms with Crippen LogP contribution < -0.4 is 21.1 Å². The lowest BCUT2D eigenvalue weighted by molar-refractivity contribution is 0.100. The molecule has 0 fully saturated rings. The van der Waals surface area contributed by atoms with Gasteiger partial charge >= 0.3 is 0 Å². The van der Waals surface area contributed by atoms with E-state index in [4.69, 9.17) is 16.2 Å². The molecular formula is C15H16N4O2. The van der Waals surface area contributed by atoms with Gasteiger partial charge in [0.25, 0.3) is 5.91 Å². The third-order valence-electron chi connectivity index (χ3n) is 3.46. The number of nitrogens with zero attached hydrogens (tertiary/aromatic N) is 2. The zero-order chi connectivity index (χ0) is 14.8. The third kappa shape index (κ3) is 2.60. The highest BCUT2D eigenvalue weighted by Gasteiger charge is 2.18. The van der Waals surface area contributed by atoms with Gasteiger partial charge in [-0.1, -0.05) is 18.2 Å². The normalized spacial score (nSPS) is 14.0. The number of nitrogen functional groups attached to an aromatic ring is 1. The van der Waals surface area contributed by atoms with Crippen LogP contribution in [0.4, 0.5) is 11.5 Å². The average molecular weight is 284 g/mol. The molecule has 4 N–H and O–H groups in total. The largest absolute Gasteiger partial charge is 0.491 e. The Labute approximate surface area is 122 Å². The second kappa shape index (κ2) is 5.32. The fourth-order valence-corrected chi connectivity index (χ4v) is 2.36. The second-order valence-electron chi connectivity index (χ2n) is 4.87. The number of fused-ring (bicyclic) bond motifs is 1. The van der Waals surface area contributed by atoms with Crippen LogP contribution in [0.2, 0.25) is 0 Å². The molecule has 6 nitrogen and oxygen atoms in total. The Hall–Kier alpha value is -2.76. The number of benzene rings is 1.